The van der Waals surface area contributed by atoms with Crippen LogP contribution in [0, 0.1) is 6.92 Å². The maximum absolute atomic E-state index is 13.0. The zero-order valence-corrected chi connectivity index (χ0v) is 18.0. The van der Waals surface area contributed by atoms with Crippen molar-refractivity contribution in [3.8, 4) is 23.0 Å². The van der Waals surface area contributed by atoms with Crippen molar-refractivity contribution in [2.75, 3.05) is 32.8 Å². The standard InChI is InChI=1S/C24H25BNO5/c1-14-9-21-22(31-8-7-30-21)13-18(14)24(23-19(25)5-4-6-20(23)27)26-15-10-16(28-2)12-17(11-15)29-3/h9-13,26H,4-8H2,1-3H3/b24-23-. The van der Waals surface area contributed by atoms with Gasteiger partial charge < -0.3 is 0 Å². The van der Waals surface area contributed by atoms with Crippen LogP contribution in [0.3, 0.4) is 0 Å². The third-order valence-corrected chi connectivity index (χ3v) is 5.48. The van der Waals surface area contributed by atoms with Gasteiger partial charge in [-0.1, -0.05) is 0 Å². The van der Waals surface area contributed by atoms with Crippen LogP contribution in [-0.4, -0.2) is 46.2 Å². The van der Waals surface area contributed by atoms with Gasteiger partial charge in [-0.25, -0.2) is 0 Å². The fourth-order valence-electron chi connectivity index (χ4n) is 3.92. The number of carbonyl (C=O) groups excluding carboxylic acids is 1. The van der Waals surface area contributed by atoms with Crippen LogP contribution in [0.4, 0.5) is 5.69 Å². The molecule has 6 nitrogen and oxygen atoms in total. The Morgan fingerprint density at radius 3 is 2.23 bits per heavy atom. The van der Waals surface area contributed by atoms with Crippen molar-refractivity contribution in [1.82, 2.24) is 0 Å². The van der Waals surface area contributed by atoms with Crippen LogP contribution in [0.15, 0.2) is 35.9 Å². The Morgan fingerprint density at radius 1 is 0.968 bits per heavy atom. The van der Waals surface area contributed by atoms with Crippen molar-refractivity contribution < 1.29 is 23.7 Å². The van der Waals surface area contributed by atoms with E-state index in [0.717, 1.165) is 23.2 Å². The third-order valence-electron chi connectivity index (χ3n) is 5.48. The van der Waals surface area contributed by atoms with Gasteiger partial charge in [-0.05, 0) is 0 Å². The molecule has 0 bridgehead atoms. The molecule has 1 fully saturated rings. The molecule has 1 N–H and O–H groups in total. The summed E-state index contributed by atoms with van der Waals surface area (Å²) in [5, 5.41) is 3.42. The molecule has 1 heterocycles. The van der Waals surface area contributed by atoms with Crippen molar-refractivity contribution in [3.05, 3.63) is 47.0 Å². The van der Waals surface area contributed by atoms with E-state index in [0.29, 0.717) is 65.8 Å². The Labute approximate surface area is 183 Å². The Hall–Kier alpha value is -3.22. The first-order valence-corrected chi connectivity index (χ1v) is 10.3. The van der Waals surface area contributed by atoms with Gasteiger partial charge in [0.05, 0.1) is 0 Å². The minimum atomic E-state index is 0.0235. The van der Waals surface area contributed by atoms with E-state index >= 15 is 0 Å². The number of ether oxygens (including phenoxy) is 4. The second-order valence-corrected chi connectivity index (χ2v) is 7.59. The number of aryl methyl sites for hydroxylation is 1. The van der Waals surface area contributed by atoms with Gasteiger partial charge in [0.1, 0.15) is 0 Å². The molecule has 0 atom stereocenters. The number of fused-ring (bicyclic) bond motifs is 1. The van der Waals surface area contributed by atoms with Gasteiger partial charge in [0, 0.05) is 0 Å². The summed E-state index contributed by atoms with van der Waals surface area (Å²) in [6.07, 6.45) is 1.90. The van der Waals surface area contributed by atoms with E-state index < -0.39 is 0 Å². The minimum absolute atomic E-state index is 0.0235. The average Bonchev–Trinajstić information content (AvgIpc) is 2.77. The van der Waals surface area contributed by atoms with Crippen LogP contribution >= 0.6 is 0 Å². The molecule has 2 aliphatic rings. The number of hydrogen-bond acceptors (Lipinski definition) is 6. The number of Topliss-reactive ketones (excluding diaryl/α,β-unsaturated/α-hetero) is 1. The van der Waals surface area contributed by atoms with Crippen LogP contribution in [0.25, 0.3) is 5.70 Å². The molecule has 7 heteroatoms. The van der Waals surface area contributed by atoms with Crippen molar-refractivity contribution in [2.45, 2.75) is 26.2 Å². The van der Waals surface area contributed by atoms with E-state index in [1.54, 1.807) is 20.3 Å². The molecule has 1 aliphatic carbocycles. The maximum atomic E-state index is 13.0. The number of allylic oxidation sites excluding steroid dienone is 1. The molecule has 1 radical (unpaired) electrons. The summed E-state index contributed by atoms with van der Waals surface area (Å²) in [5.74, 6) is 2.65. The number of ketones is 1. The molecule has 159 valence electrons. The van der Waals surface area contributed by atoms with Gasteiger partial charge in [-0.3, -0.25) is 0 Å². The molecule has 0 unspecified atom stereocenters. The van der Waals surface area contributed by atoms with Crippen molar-refractivity contribution >= 4 is 30.1 Å². The van der Waals surface area contributed by atoms with Crippen molar-refractivity contribution in [1.29, 1.82) is 0 Å². The van der Waals surface area contributed by atoms with E-state index in [2.05, 4.69) is 5.32 Å². The summed E-state index contributed by atoms with van der Waals surface area (Å²) in [6, 6.07) is 9.33. The molecule has 2 aromatic rings. The summed E-state index contributed by atoms with van der Waals surface area (Å²) < 4.78 is 22.3. The topological polar surface area (TPSA) is 66.0 Å². The number of rotatable bonds is 5. The monoisotopic (exact) mass is 418 g/mol. The summed E-state index contributed by atoms with van der Waals surface area (Å²) in [4.78, 5) is 13.0. The Morgan fingerprint density at radius 2 is 1.61 bits per heavy atom. The number of nitrogens with one attached hydrogen (secondary N) is 1. The molecule has 1 saturated carbocycles. The number of benzene rings is 2. The molecule has 0 saturated heterocycles. The van der Waals surface area contributed by atoms with Crippen LogP contribution in [0.1, 0.15) is 30.4 Å². The van der Waals surface area contributed by atoms with Gasteiger partial charge in [0.15, 0.2) is 0 Å². The zero-order valence-electron chi connectivity index (χ0n) is 18.0. The van der Waals surface area contributed by atoms with E-state index in [-0.39, 0.29) is 5.78 Å². The molecule has 0 amide bonds. The van der Waals surface area contributed by atoms with Gasteiger partial charge in [-0.15, -0.1) is 0 Å². The summed E-state index contributed by atoms with van der Waals surface area (Å²) in [7, 11) is 9.55. The van der Waals surface area contributed by atoms with Crippen LogP contribution < -0.4 is 24.3 Å². The first kappa shape index (κ1) is 21.0. The first-order valence-electron chi connectivity index (χ1n) is 10.3. The van der Waals surface area contributed by atoms with Gasteiger partial charge in [-0.2, -0.15) is 0 Å². The average molecular weight is 418 g/mol. The first-order chi connectivity index (χ1) is 15.0. The van der Waals surface area contributed by atoms with Crippen LogP contribution in [-0.2, 0) is 4.79 Å². The Balaban J connectivity index is 1.88. The van der Waals surface area contributed by atoms with Crippen LogP contribution in [0.2, 0.25) is 0 Å². The molecule has 31 heavy (non-hydrogen) atoms. The zero-order chi connectivity index (χ0) is 22.0. The predicted octanol–water partition coefficient (Wildman–Crippen LogP) is 3.70. The molecular weight excluding hydrogens is 393 g/mol. The predicted molar refractivity (Wildman–Crippen MR) is 122 cm³/mol. The fraction of sp³-hybridized carbons (Fsp3) is 0.333. The molecule has 2 aromatic carbocycles. The van der Waals surface area contributed by atoms with Gasteiger partial charge in [0.25, 0.3) is 0 Å². The Kier molecular flexibility index (Phi) is 6.02. The number of carbonyl (C=O) groups is 1. The summed E-state index contributed by atoms with van der Waals surface area (Å²) in [6.45, 7) is 2.97. The second kappa shape index (κ2) is 8.88. The van der Waals surface area contributed by atoms with Gasteiger partial charge in [0.2, 0.25) is 0 Å². The van der Waals surface area contributed by atoms with Crippen LogP contribution in [0.5, 0.6) is 23.0 Å². The summed E-state index contributed by atoms with van der Waals surface area (Å²) in [5.41, 5.74) is 4.25. The molecule has 4 rings (SSSR count). The van der Waals surface area contributed by atoms with E-state index in [4.69, 9.17) is 26.4 Å². The van der Waals surface area contributed by atoms with Crippen molar-refractivity contribution in [2.24, 2.45) is 0 Å². The van der Waals surface area contributed by atoms with Gasteiger partial charge >= 0.3 is 183 Å². The molecule has 0 spiro atoms. The van der Waals surface area contributed by atoms with E-state index in [9.17, 15) is 4.79 Å². The van der Waals surface area contributed by atoms with E-state index in [1.807, 2.05) is 31.2 Å². The normalized spacial score (nSPS) is 17.2. The van der Waals surface area contributed by atoms with E-state index in [1.165, 1.54) is 0 Å². The SMILES string of the molecule is [B]=C1CCCC(=O)/C1=C(\Nc1cc(OC)cc(OC)c1)c1cc2c(cc1C)OCCO2. The Bertz CT molecular complexity index is 1040. The number of hydrogen-bond donors (Lipinski definition) is 1. The van der Waals surface area contributed by atoms with Crippen molar-refractivity contribution in [3.63, 3.8) is 0 Å². The molecule has 0 aromatic heterocycles. The second-order valence-electron chi connectivity index (χ2n) is 7.59. The summed E-state index contributed by atoms with van der Waals surface area (Å²) >= 11 is 0. The quantitative estimate of drug-likeness (QED) is 0.590. The molecule has 1 aliphatic heterocycles. The number of anilines is 1. The fourth-order valence-corrected chi connectivity index (χ4v) is 3.92. The molecular formula is C24H25BNO5. The third kappa shape index (κ3) is 4.31. The number of methoxy groups -OCH3 is 2.